The summed E-state index contributed by atoms with van der Waals surface area (Å²) in [4.78, 5) is 11.4. The van der Waals surface area contributed by atoms with Crippen LogP contribution in [0.25, 0.3) is 0 Å². The van der Waals surface area contributed by atoms with Crippen molar-refractivity contribution in [3.8, 4) is 0 Å². The number of carbonyl (C=O) groups is 1. The van der Waals surface area contributed by atoms with E-state index in [1.165, 1.54) is 25.7 Å². The second-order valence-corrected chi connectivity index (χ2v) is 12.5. The number of hydrogen-bond acceptors (Lipinski definition) is 3. The smallest absolute Gasteiger partial charge is 0.185 e. The van der Waals surface area contributed by atoms with Crippen LogP contribution >= 0.6 is 12.6 Å². The summed E-state index contributed by atoms with van der Waals surface area (Å²) >= 11 is 3.99. The summed E-state index contributed by atoms with van der Waals surface area (Å²) in [7, 11) is 0. The molecule has 0 radical (unpaired) electrons. The molecule has 0 aromatic carbocycles. The van der Waals surface area contributed by atoms with Crippen LogP contribution in [-0.2, 0) is 4.79 Å². The highest BCUT2D eigenvalue weighted by molar-refractivity contribution is 7.96. The lowest BCUT2D eigenvalue weighted by atomic mass is 9.41. The molecule has 0 aromatic heterocycles. The zero-order valence-corrected chi connectivity index (χ0v) is 20.4. The van der Waals surface area contributed by atoms with E-state index in [1.807, 2.05) is 0 Å². The molecular formula is C26H44O3S. The van der Waals surface area contributed by atoms with Crippen molar-refractivity contribution in [2.24, 2.45) is 52.3 Å². The first kappa shape index (κ1) is 23.1. The molecule has 0 unspecified atom stereocenters. The van der Waals surface area contributed by atoms with Gasteiger partial charge in [-0.2, -0.15) is 0 Å². The third-order valence-electron chi connectivity index (χ3n) is 11.0. The molecule has 172 valence electrons. The fourth-order valence-corrected chi connectivity index (χ4v) is 9.61. The molecule has 4 heteroatoms. The Morgan fingerprint density at radius 3 is 2.37 bits per heavy atom. The zero-order chi connectivity index (χ0) is 21.8. The molecule has 4 rings (SSSR count). The van der Waals surface area contributed by atoms with Gasteiger partial charge >= 0.3 is 0 Å². The largest absolute Gasteiger partial charge is 0.393 e. The predicted octanol–water partition coefficient (Wildman–Crippen LogP) is 5.49. The van der Waals surface area contributed by atoms with Crippen LogP contribution in [0.15, 0.2) is 0 Å². The molecule has 0 amide bonds. The summed E-state index contributed by atoms with van der Waals surface area (Å²) in [5, 5.41) is 22.2. The molecule has 4 aliphatic carbocycles. The van der Waals surface area contributed by atoms with Crippen molar-refractivity contribution < 1.29 is 15.0 Å². The number of aliphatic hydroxyl groups is 2. The standard InChI is InChI=1S/C26H44O3S/c1-5-17-21-14-16(27)10-12-26(21,4)20-11-13-25(3)18(15(2)6-9-22(28)30)7-8-19(25)23(20)24(17)29/h15-21,23-24,27,29H,5-14H2,1-4H3,(H,28,30)/t15-,16-,17-,18-,19+,20+,21+,23+,24-,25-,26-/m1/s1. The zero-order valence-electron chi connectivity index (χ0n) is 19.5. The molecule has 2 N–H and O–H groups in total. The van der Waals surface area contributed by atoms with Gasteiger partial charge in [-0.1, -0.05) is 34.1 Å². The fourth-order valence-electron chi connectivity index (χ4n) is 9.48. The molecule has 4 aliphatic rings. The van der Waals surface area contributed by atoms with Crippen LogP contribution in [0.3, 0.4) is 0 Å². The average molecular weight is 437 g/mol. The maximum atomic E-state index is 11.7. The van der Waals surface area contributed by atoms with E-state index in [0.29, 0.717) is 47.8 Å². The van der Waals surface area contributed by atoms with E-state index in [0.717, 1.165) is 32.1 Å². The molecule has 11 atom stereocenters. The average Bonchev–Trinajstić information content (AvgIpc) is 3.05. The Balaban J connectivity index is 1.61. The van der Waals surface area contributed by atoms with Crippen LogP contribution in [0.2, 0.25) is 0 Å². The summed E-state index contributed by atoms with van der Waals surface area (Å²) in [5.41, 5.74) is 0.560. The lowest BCUT2D eigenvalue weighted by molar-refractivity contribution is -0.203. The molecule has 0 heterocycles. The first-order chi connectivity index (χ1) is 14.1. The van der Waals surface area contributed by atoms with Gasteiger partial charge in [-0.15, -0.1) is 12.6 Å². The minimum Gasteiger partial charge on any atom is -0.393 e. The molecule has 0 saturated heterocycles. The predicted molar refractivity (Wildman–Crippen MR) is 124 cm³/mol. The van der Waals surface area contributed by atoms with Crippen LogP contribution in [0.4, 0.5) is 0 Å². The summed E-state index contributed by atoms with van der Waals surface area (Å²) in [6.07, 6.45) is 10.0. The van der Waals surface area contributed by atoms with Gasteiger partial charge in [-0.25, -0.2) is 0 Å². The lowest BCUT2D eigenvalue weighted by Gasteiger charge is -2.64. The Hall–Kier alpha value is -0.0600. The number of hydrogen-bond donors (Lipinski definition) is 3. The van der Waals surface area contributed by atoms with Gasteiger partial charge in [0.25, 0.3) is 0 Å². The van der Waals surface area contributed by atoms with Crippen molar-refractivity contribution in [2.75, 3.05) is 0 Å². The number of fused-ring (bicyclic) bond motifs is 5. The molecule has 0 spiro atoms. The van der Waals surface area contributed by atoms with Gasteiger partial charge < -0.3 is 10.2 Å². The van der Waals surface area contributed by atoms with Gasteiger partial charge in [-0.3, -0.25) is 4.79 Å². The van der Waals surface area contributed by atoms with E-state index >= 15 is 0 Å². The Morgan fingerprint density at radius 1 is 1.03 bits per heavy atom. The van der Waals surface area contributed by atoms with Gasteiger partial charge in [-0.05, 0) is 104 Å². The van der Waals surface area contributed by atoms with Gasteiger partial charge in [0.05, 0.1) is 12.2 Å². The molecule has 4 saturated carbocycles. The number of carbonyl (C=O) groups excluding carboxylic acids is 1. The Labute approximate surface area is 189 Å². The van der Waals surface area contributed by atoms with E-state index in [4.69, 9.17) is 0 Å². The molecule has 30 heavy (non-hydrogen) atoms. The topological polar surface area (TPSA) is 57.5 Å². The third kappa shape index (κ3) is 3.52. The highest BCUT2D eigenvalue weighted by atomic mass is 32.1. The Kier molecular flexibility index (Phi) is 6.45. The first-order valence-electron chi connectivity index (χ1n) is 12.7. The van der Waals surface area contributed by atoms with Crippen molar-refractivity contribution in [1.82, 2.24) is 0 Å². The first-order valence-corrected chi connectivity index (χ1v) is 13.2. The van der Waals surface area contributed by atoms with E-state index in [1.54, 1.807) is 0 Å². The summed E-state index contributed by atoms with van der Waals surface area (Å²) in [6, 6.07) is 0. The van der Waals surface area contributed by atoms with Crippen molar-refractivity contribution in [2.45, 2.75) is 104 Å². The highest BCUT2D eigenvalue weighted by Crippen LogP contribution is 2.69. The number of rotatable bonds is 5. The third-order valence-corrected chi connectivity index (χ3v) is 11.2. The van der Waals surface area contributed by atoms with Crippen LogP contribution in [0, 0.1) is 52.3 Å². The molecule has 0 aromatic rings. The summed E-state index contributed by atoms with van der Waals surface area (Å²) < 4.78 is 0. The van der Waals surface area contributed by atoms with E-state index in [-0.39, 0.29) is 28.2 Å². The summed E-state index contributed by atoms with van der Waals surface area (Å²) in [5.74, 6) is 3.60. The van der Waals surface area contributed by atoms with E-state index in [2.05, 4.69) is 40.3 Å². The summed E-state index contributed by atoms with van der Waals surface area (Å²) in [6.45, 7) is 9.60. The van der Waals surface area contributed by atoms with Crippen molar-refractivity contribution >= 4 is 17.7 Å². The quantitative estimate of drug-likeness (QED) is 0.500. The second-order valence-electron chi connectivity index (χ2n) is 12.0. The molecule has 0 bridgehead atoms. The van der Waals surface area contributed by atoms with Crippen LogP contribution in [0.1, 0.15) is 91.9 Å². The van der Waals surface area contributed by atoms with E-state index in [9.17, 15) is 15.0 Å². The van der Waals surface area contributed by atoms with Gasteiger partial charge in [0.1, 0.15) is 0 Å². The maximum Gasteiger partial charge on any atom is 0.185 e. The van der Waals surface area contributed by atoms with Crippen LogP contribution < -0.4 is 0 Å². The molecule has 3 nitrogen and oxygen atoms in total. The van der Waals surface area contributed by atoms with Gasteiger partial charge in [0.15, 0.2) is 5.12 Å². The van der Waals surface area contributed by atoms with E-state index < -0.39 is 0 Å². The number of thiol groups is 1. The van der Waals surface area contributed by atoms with Crippen molar-refractivity contribution in [1.29, 1.82) is 0 Å². The molecular weight excluding hydrogens is 392 g/mol. The minimum absolute atomic E-state index is 0.0113. The Morgan fingerprint density at radius 2 is 1.70 bits per heavy atom. The van der Waals surface area contributed by atoms with Crippen molar-refractivity contribution in [3.05, 3.63) is 0 Å². The highest BCUT2D eigenvalue weighted by Gasteiger charge is 2.64. The van der Waals surface area contributed by atoms with Crippen LogP contribution in [0.5, 0.6) is 0 Å². The fraction of sp³-hybridized carbons (Fsp3) is 0.962. The lowest BCUT2D eigenvalue weighted by Crippen LogP contribution is -2.62. The van der Waals surface area contributed by atoms with Crippen LogP contribution in [-0.4, -0.2) is 27.5 Å². The molecule has 0 aliphatic heterocycles. The minimum atomic E-state index is -0.221. The number of aliphatic hydroxyl groups excluding tert-OH is 2. The normalized spacial score (nSPS) is 51.6. The monoisotopic (exact) mass is 436 g/mol. The Bertz CT molecular complexity index is 652. The van der Waals surface area contributed by atoms with Gasteiger partial charge in [0, 0.05) is 6.42 Å². The molecule has 4 fully saturated rings. The maximum absolute atomic E-state index is 11.7. The van der Waals surface area contributed by atoms with Gasteiger partial charge in [0.2, 0.25) is 0 Å². The SMILES string of the molecule is CC[C@H]1[C@@H](O)[C@@H]2[C@H](CC[C@]3(C)[C@@H]([C@H](C)CCC(=O)S)CC[C@@H]23)[C@@]2(C)CC[C@@H](O)C[C@@H]12. The van der Waals surface area contributed by atoms with Crippen molar-refractivity contribution in [3.63, 3.8) is 0 Å². The second kappa shape index (κ2) is 8.37.